The second kappa shape index (κ2) is 5.94. The molecule has 1 fully saturated rings. The van der Waals surface area contributed by atoms with Gasteiger partial charge in [-0.15, -0.1) is 0 Å². The Hall–Kier alpha value is -2.05. The first-order valence-electron chi connectivity index (χ1n) is 6.71. The number of nitrogens with one attached hydrogen (secondary N) is 1. The van der Waals surface area contributed by atoms with Crippen LogP contribution >= 0.6 is 0 Å². The first-order valence-corrected chi connectivity index (χ1v) is 6.71. The number of amides is 2. The Labute approximate surface area is 117 Å². The zero-order valence-corrected chi connectivity index (χ0v) is 11.7. The Kier molecular flexibility index (Phi) is 4.26. The number of aromatic amines is 1. The number of H-pyrrole nitrogens is 1. The Morgan fingerprint density at radius 2 is 2.35 bits per heavy atom. The lowest BCUT2D eigenvalue weighted by atomic mass is 9.92. The second-order valence-corrected chi connectivity index (χ2v) is 5.42. The quantitative estimate of drug-likeness (QED) is 0.869. The summed E-state index contributed by atoms with van der Waals surface area (Å²) in [6, 6.07) is -0.969. The van der Waals surface area contributed by atoms with E-state index in [1.54, 1.807) is 19.4 Å². The summed E-state index contributed by atoms with van der Waals surface area (Å²) in [7, 11) is 1.67. The van der Waals surface area contributed by atoms with Gasteiger partial charge >= 0.3 is 12.0 Å². The topological polar surface area (TPSA) is 89.5 Å². The molecule has 2 unspecified atom stereocenters. The molecular formula is C13H20N4O3. The van der Waals surface area contributed by atoms with E-state index in [1.165, 1.54) is 9.80 Å². The number of rotatable bonds is 3. The van der Waals surface area contributed by atoms with Crippen molar-refractivity contribution in [3.8, 4) is 0 Å². The third kappa shape index (κ3) is 3.09. The minimum atomic E-state index is -0.929. The van der Waals surface area contributed by atoms with Crippen molar-refractivity contribution in [3.05, 3.63) is 18.0 Å². The summed E-state index contributed by atoms with van der Waals surface area (Å²) in [6.45, 7) is 2.92. The van der Waals surface area contributed by atoms with E-state index in [4.69, 9.17) is 0 Å². The molecule has 0 radical (unpaired) electrons. The minimum absolute atomic E-state index is 0.245. The predicted molar refractivity (Wildman–Crippen MR) is 72.0 cm³/mol. The third-order valence-electron chi connectivity index (χ3n) is 3.70. The Morgan fingerprint density at radius 3 is 2.95 bits per heavy atom. The number of carboxylic acid groups (broad SMARTS) is 1. The summed E-state index contributed by atoms with van der Waals surface area (Å²) in [5.41, 5.74) is 0.887. The van der Waals surface area contributed by atoms with Gasteiger partial charge < -0.3 is 14.9 Å². The molecule has 1 aromatic rings. The van der Waals surface area contributed by atoms with Gasteiger partial charge in [0.05, 0.1) is 12.7 Å². The van der Waals surface area contributed by atoms with Crippen LogP contribution in [0.1, 0.15) is 25.3 Å². The highest BCUT2D eigenvalue weighted by Crippen LogP contribution is 2.24. The molecular weight excluding hydrogens is 260 g/mol. The highest BCUT2D eigenvalue weighted by atomic mass is 16.4. The zero-order chi connectivity index (χ0) is 14.7. The van der Waals surface area contributed by atoms with Gasteiger partial charge in [-0.25, -0.2) is 9.59 Å². The van der Waals surface area contributed by atoms with Crippen LogP contribution < -0.4 is 0 Å². The number of hydrogen-bond acceptors (Lipinski definition) is 3. The van der Waals surface area contributed by atoms with Crippen molar-refractivity contribution in [3.63, 3.8) is 0 Å². The SMILES string of the molecule is CC1CCN(C(=O)N(C)Cc2cn[nH]c2)C(C(=O)O)C1. The molecule has 0 spiro atoms. The smallest absolute Gasteiger partial charge is 0.326 e. The summed E-state index contributed by atoms with van der Waals surface area (Å²) in [5.74, 6) is -0.596. The van der Waals surface area contributed by atoms with Crippen molar-refractivity contribution in [1.29, 1.82) is 0 Å². The minimum Gasteiger partial charge on any atom is -0.480 e. The lowest BCUT2D eigenvalue weighted by Gasteiger charge is -2.38. The molecule has 2 atom stereocenters. The van der Waals surface area contributed by atoms with E-state index >= 15 is 0 Å². The molecule has 1 aliphatic rings. The fraction of sp³-hybridized carbons (Fsp3) is 0.615. The molecule has 7 nitrogen and oxygen atoms in total. The van der Waals surface area contributed by atoms with Gasteiger partial charge in [0, 0.05) is 25.4 Å². The third-order valence-corrected chi connectivity index (χ3v) is 3.70. The van der Waals surface area contributed by atoms with Crippen molar-refractivity contribution in [1.82, 2.24) is 20.0 Å². The largest absolute Gasteiger partial charge is 0.480 e. The van der Waals surface area contributed by atoms with Crippen LogP contribution in [0.25, 0.3) is 0 Å². The molecule has 110 valence electrons. The van der Waals surface area contributed by atoms with Gasteiger partial charge in [-0.3, -0.25) is 5.10 Å². The summed E-state index contributed by atoms with van der Waals surface area (Å²) < 4.78 is 0. The van der Waals surface area contributed by atoms with Crippen LogP contribution in [-0.2, 0) is 11.3 Å². The predicted octanol–water partition coefficient (Wildman–Crippen LogP) is 1.15. The average molecular weight is 280 g/mol. The Bertz CT molecular complexity index is 474. The van der Waals surface area contributed by atoms with Crippen molar-refractivity contribution in [2.75, 3.05) is 13.6 Å². The number of likely N-dealkylation sites (tertiary alicyclic amines) is 1. The van der Waals surface area contributed by atoms with E-state index in [2.05, 4.69) is 10.2 Å². The molecule has 2 rings (SSSR count). The molecule has 2 N–H and O–H groups in total. The monoisotopic (exact) mass is 280 g/mol. The first kappa shape index (κ1) is 14.4. The number of piperidine rings is 1. The molecule has 2 heterocycles. The molecule has 0 aromatic carbocycles. The summed E-state index contributed by atoms with van der Waals surface area (Å²) in [6.07, 6.45) is 4.73. The number of nitrogens with zero attached hydrogens (tertiary/aromatic N) is 3. The number of aromatic nitrogens is 2. The fourth-order valence-electron chi connectivity index (χ4n) is 2.53. The molecule has 1 aliphatic heterocycles. The van der Waals surface area contributed by atoms with Gasteiger partial charge in [-0.05, 0) is 18.8 Å². The van der Waals surface area contributed by atoms with Crippen molar-refractivity contribution < 1.29 is 14.7 Å². The van der Waals surface area contributed by atoms with Gasteiger partial charge in [0.15, 0.2) is 0 Å². The van der Waals surface area contributed by atoms with Crippen LogP contribution in [0.2, 0.25) is 0 Å². The van der Waals surface area contributed by atoms with E-state index < -0.39 is 12.0 Å². The van der Waals surface area contributed by atoms with Crippen LogP contribution in [-0.4, -0.2) is 56.7 Å². The van der Waals surface area contributed by atoms with Crippen LogP contribution in [0.15, 0.2) is 12.4 Å². The van der Waals surface area contributed by atoms with Crippen molar-refractivity contribution in [2.24, 2.45) is 5.92 Å². The number of urea groups is 1. The van der Waals surface area contributed by atoms with Gasteiger partial charge in [-0.2, -0.15) is 5.10 Å². The number of hydrogen-bond donors (Lipinski definition) is 2. The fourth-order valence-corrected chi connectivity index (χ4v) is 2.53. The summed E-state index contributed by atoms with van der Waals surface area (Å²) >= 11 is 0. The highest BCUT2D eigenvalue weighted by Gasteiger charge is 2.35. The van der Waals surface area contributed by atoms with E-state index in [0.717, 1.165) is 12.0 Å². The average Bonchev–Trinajstić information content (AvgIpc) is 2.90. The number of carboxylic acids is 1. The summed E-state index contributed by atoms with van der Waals surface area (Å²) in [5, 5.41) is 15.8. The molecule has 1 aromatic heterocycles. The maximum atomic E-state index is 12.4. The van der Waals surface area contributed by atoms with Crippen LogP contribution in [0.3, 0.4) is 0 Å². The van der Waals surface area contributed by atoms with Gasteiger partial charge in [-0.1, -0.05) is 6.92 Å². The van der Waals surface area contributed by atoms with Crippen LogP contribution in [0.5, 0.6) is 0 Å². The maximum absolute atomic E-state index is 12.4. The van der Waals surface area contributed by atoms with E-state index in [9.17, 15) is 14.7 Å². The molecule has 2 amide bonds. The van der Waals surface area contributed by atoms with Crippen LogP contribution in [0, 0.1) is 5.92 Å². The Balaban J connectivity index is 2.04. The molecule has 1 saturated heterocycles. The molecule has 0 bridgehead atoms. The summed E-state index contributed by atoms with van der Waals surface area (Å²) in [4.78, 5) is 26.7. The Morgan fingerprint density at radius 1 is 1.60 bits per heavy atom. The standard InChI is InChI=1S/C13H20N4O3/c1-9-3-4-17(11(5-9)12(18)19)13(20)16(2)8-10-6-14-15-7-10/h6-7,9,11H,3-5,8H2,1-2H3,(H,14,15)(H,18,19). The molecule has 0 aliphatic carbocycles. The molecule has 7 heteroatoms. The molecule has 0 saturated carbocycles. The molecule has 20 heavy (non-hydrogen) atoms. The van der Waals surface area contributed by atoms with Gasteiger partial charge in [0.2, 0.25) is 0 Å². The second-order valence-electron chi connectivity index (χ2n) is 5.42. The van der Waals surface area contributed by atoms with Crippen molar-refractivity contribution in [2.45, 2.75) is 32.4 Å². The number of carbonyl (C=O) groups excluding carboxylic acids is 1. The normalized spacial score (nSPS) is 22.6. The first-order chi connectivity index (χ1) is 9.49. The van der Waals surface area contributed by atoms with Gasteiger partial charge in [0.1, 0.15) is 6.04 Å². The van der Waals surface area contributed by atoms with Crippen LogP contribution in [0.4, 0.5) is 4.79 Å². The number of aliphatic carboxylic acids is 1. The lowest BCUT2D eigenvalue weighted by Crippen LogP contribution is -2.53. The maximum Gasteiger partial charge on any atom is 0.326 e. The van der Waals surface area contributed by atoms with E-state index in [0.29, 0.717) is 25.4 Å². The lowest BCUT2D eigenvalue weighted by molar-refractivity contribution is -0.144. The van der Waals surface area contributed by atoms with Gasteiger partial charge in [0.25, 0.3) is 0 Å². The van der Waals surface area contributed by atoms with E-state index in [1.807, 2.05) is 6.92 Å². The zero-order valence-electron chi connectivity index (χ0n) is 11.7. The van der Waals surface area contributed by atoms with E-state index in [-0.39, 0.29) is 6.03 Å². The number of carbonyl (C=O) groups is 2. The van der Waals surface area contributed by atoms with Crippen molar-refractivity contribution >= 4 is 12.0 Å². The highest BCUT2D eigenvalue weighted by molar-refractivity contribution is 5.82.